The van der Waals surface area contributed by atoms with Crippen LogP contribution in [0.5, 0.6) is 0 Å². The van der Waals surface area contributed by atoms with Crippen LogP contribution in [0.15, 0.2) is 24.3 Å². The average molecular weight is 224 g/mol. The highest BCUT2D eigenvalue weighted by Gasteiger charge is 2.31. The fraction of sp³-hybridized carbons (Fsp3) is 0.538. The Kier molecular flexibility index (Phi) is 4.05. The molecule has 0 aliphatic heterocycles. The standard InChI is InChI=1S/C13H21FN2/c1-13(2,16(4)5)12(15-3)10-7-6-8-11(14)9-10/h6-9,12,15H,1-5H3. The number of nitrogens with zero attached hydrogens (tertiary/aromatic N) is 1. The first-order chi connectivity index (χ1) is 7.39. The van der Waals surface area contributed by atoms with Crippen LogP contribution in [0.4, 0.5) is 4.39 Å². The Balaban J connectivity index is 3.08. The van der Waals surface area contributed by atoms with Gasteiger partial charge in [0.15, 0.2) is 0 Å². The van der Waals surface area contributed by atoms with Crippen LogP contribution in [0.1, 0.15) is 25.5 Å². The van der Waals surface area contributed by atoms with Crippen molar-refractivity contribution in [3.63, 3.8) is 0 Å². The summed E-state index contributed by atoms with van der Waals surface area (Å²) in [6, 6.07) is 6.86. The molecule has 0 heterocycles. The monoisotopic (exact) mass is 224 g/mol. The first-order valence-corrected chi connectivity index (χ1v) is 5.49. The minimum Gasteiger partial charge on any atom is -0.311 e. The molecule has 90 valence electrons. The lowest BCUT2D eigenvalue weighted by Gasteiger charge is -2.40. The van der Waals surface area contributed by atoms with Gasteiger partial charge in [0.1, 0.15) is 5.82 Å². The van der Waals surface area contributed by atoms with Crippen molar-refractivity contribution in [3.8, 4) is 0 Å². The second-order valence-corrected chi connectivity index (χ2v) is 4.82. The van der Waals surface area contributed by atoms with E-state index in [9.17, 15) is 4.39 Å². The number of hydrogen-bond acceptors (Lipinski definition) is 2. The Morgan fingerprint density at radius 2 is 1.94 bits per heavy atom. The van der Waals surface area contributed by atoms with E-state index in [-0.39, 0.29) is 17.4 Å². The maximum absolute atomic E-state index is 13.2. The predicted octanol–water partition coefficient (Wildman–Crippen LogP) is 2.43. The zero-order valence-electron chi connectivity index (χ0n) is 10.7. The molecule has 1 N–H and O–H groups in total. The molecule has 0 bridgehead atoms. The fourth-order valence-electron chi connectivity index (χ4n) is 1.87. The number of likely N-dealkylation sites (N-methyl/N-ethyl adjacent to an activating group) is 2. The summed E-state index contributed by atoms with van der Waals surface area (Å²) in [5.74, 6) is -0.188. The molecule has 16 heavy (non-hydrogen) atoms. The molecule has 3 heteroatoms. The Labute approximate surface area is 97.5 Å². The SMILES string of the molecule is CNC(c1cccc(F)c1)C(C)(C)N(C)C. The van der Waals surface area contributed by atoms with Crippen molar-refractivity contribution in [1.82, 2.24) is 10.2 Å². The quantitative estimate of drug-likeness (QED) is 0.845. The number of hydrogen-bond donors (Lipinski definition) is 1. The minimum absolute atomic E-state index is 0.0808. The highest BCUT2D eigenvalue weighted by Crippen LogP contribution is 2.29. The average Bonchev–Trinajstić information content (AvgIpc) is 2.18. The molecule has 1 aromatic carbocycles. The van der Waals surface area contributed by atoms with E-state index in [4.69, 9.17) is 0 Å². The van der Waals surface area contributed by atoms with Gasteiger partial charge in [-0.2, -0.15) is 0 Å². The van der Waals surface area contributed by atoms with E-state index in [0.29, 0.717) is 0 Å². The summed E-state index contributed by atoms with van der Waals surface area (Å²) in [4.78, 5) is 2.14. The van der Waals surface area contributed by atoms with Gasteiger partial charge in [0.25, 0.3) is 0 Å². The van der Waals surface area contributed by atoms with Crippen LogP contribution in [0, 0.1) is 5.82 Å². The summed E-state index contributed by atoms with van der Waals surface area (Å²) in [7, 11) is 5.97. The zero-order valence-corrected chi connectivity index (χ0v) is 10.7. The number of benzene rings is 1. The van der Waals surface area contributed by atoms with Crippen LogP contribution in [0.2, 0.25) is 0 Å². The molecule has 0 fully saturated rings. The smallest absolute Gasteiger partial charge is 0.123 e. The molecule has 1 unspecified atom stereocenters. The Morgan fingerprint density at radius 1 is 1.31 bits per heavy atom. The van der Waals surface area contributed by atoms with Crippen LogP contribution in [-0.2, 0) is 0 Å². The molecule has 0 amide bonds. The molecule has 1 rings (SSSR count). The summed E-state index contributed by atoms with van der Waals surface area (Å²) >= 11 is 0. The Bertz CT molecular complexity index is 348. The van der Waals surface area contributed by atoms with Gasteiger partial charge in [-0.25, -0.2) is 4.39 Å². The summed E-state index contributed by atoms with van der Waals surface area (Å²) < 4.78 is 13.2. The van der Waals surface area contributed by atoms with Crippen LogP contribution in [0.25, 0.3) is 0 Å². The van der Waals surface area contributed by atoms with Crippen molar-refractivity contribution < 1.29 is 4.39 Å². The maximum Gasteiger partial charge on any atom is 0.123 e. The second kappa shape index (κ2) is 4.93. The van der Waals surface area contributed by atoms with Gasteiger partial charge in [-0.15, -0.1) is 0 Å². The normalized spacial score (nSPS) is 14.2. The van der Waals surface area contributed by atoms with E-state index >= 15 is 0 Å². The lowest BCUT2D eigenvalue weighted by atomic mass is 9.87. The lowest BCUT2D eigenvalue weighted by molar-refractivity contribution is 0.142. The van der Waals surface area contributed by atoms with Gasteiger partial charge in [-0.3, -0.25) is 0 Å². The fourth-order valence-corrected chi connectivity index (χ4v) is 1.87. The van der Waals surface area contributed by atoms with Crippen LogP contribution >= 0.6 is 0 Å². The molecule has 0 aliphatic carbocycles. The third-order valence-corrected chi connectivity index (χ3v) is 3.33. The molecule has 0 saturated carbocycles. The van der Waals surface area contributed by atoms with E-state index < -0.39 is 0 Å². The molecule has 2 nitrogen and oxygen atoms in total. The van der Waals surface area contributed by atoms with Gasteiger partial charge in [-0.05, 0) is 52.7 Å². The first kappa shape index (κ1) is 13.1. The highest BCUT2D eigenvalue weighted by atomic mass is 19.1. The van der Waals surface area contributed by atoms with Crippen LogP contribution in [0.3, 0.4) is 0 Å². The third kappa shape index (κ3) is 2.60. The Morgan fingerprint density at radius 3 is 2.38 bits per heavy atom. The maximum atomic E-state index is 13.2. The molecule has 0 saturated heterocycles. The van der Waals surface area contributed by atoms with Crippen molar-refractivity contribution in [1.29, 1.82) is 0 Å². The lowest BCUT2D eigenvalue weighted by Crippen LogP contribution is -2.48. The molecular formula is C13H21FN2. The van der Waals surface area contributed by atoms with Crippen molar-refractivity contribution in [3.05, 3.63) is 35.6 Å². The summed E-state index contributed by atoms with van der Waals surface area (Å²) in [5, 5.41) is 3.26. The van der Waals surface area contributed by atoms with Crippen LogP contribution < -0.4 is 5.32 Å². The molecule has 0 aromatic heterocycles. The van der Waals surface area contributed by atoms with E-state index in [2.05, 4.69) is 24.1 Å². The van der Waals surface area contributed by atoms with Gasteiger partial charge in [0.2, 0.25) is 0 Å². The minimum atomic E-state index is -0.188. The van der Waals surface area contributed by atoms with Crippen molar-refractivity contribution >= 4 is 0 Å². The second-order valence-electron chi connectivity index (χ2n) is 4.82. The van der Waals surface area contributed by atoms with E-state index in [0.717, 1.165) is 5.56 Å². The van der Waals surface area contributed by atoms with Crippen molar-refractivity contribution in [2.24, 2.45) is 0 Å². The summed E-state index contributed by atoms with van der Waals surface area (Å²) in [5.41, 5.74) is 0.893. The van der Waals surface area contributed by atoms with Gasteiger partial charge >= 0.3 is 0 Å². The molecule has 0 spiro atoms. The van der Waals surface area contributed by atoms with E-state index in [1.54, 1.807) is 12.1 Å². The molecule has 0 radical (unpaired) electrons. The van der Waals surface area contributed by atoms with Gasteiger partial charge in [0, 0.05) is 11.6 Å². The van der Waals surface area contributed by atoms with Crippen molar-refractivity contribution in [2.45, 2.75) is 25.4 Å². The van der Waals surface area contributed by atoms with Crippen LogP contribution in [-0.4, -0.2) is 31.6 Å². The number of rotatable bonds is 4. The van der Waals surface area contributed by atoms with Crippen molar-refractivity contribution in [2.75, 3.05) is 21.1 Å². The Hall–Kier alpha value is -0.930. The first-order valence-electron chi connectivity index (χ1n) is 5.49. The molecule has 0 aliphatic rings. The third-order valence-electron chi connectivity index (χ3n) is 3.33. The zero-order chi connectivity index (χ0) is 12.3. The summed E-state index contributed by atoms with van der Waals surface area (Å²) in [6.45, 7) is 4.28. The molecule has 1 aromatic rings. The van der Waals surface area contributed by atoms with Gasteiger partial charge in [-0.1, -0.05) is 12.1 Å². The molecule has 1 atom stereocenters. The van der Waals surface area contributed by atoms with Gasteiger partial charge < -0.3 is 10.2 Å². The molecular weight excluding hydrogens is 203 g/mol. The number of nitrogens with one attached hydrogen (secondary N) is 1. The predicted molar refractivity (Wildman–Crippen MR) is 66.0 cm³/mol. The highest BCUT2D eigenvalue weighted by molar-refractivity contribution is 5.23. The topological polar surface area (TPSA) is 15.3 Å². The number of halogens is 1. The largest absolute Gasteiger partial charge is 0.311 e. The van der Waals surface area contributed by atoms with E-state index in [1.165, 1.54) is 6.07 Å². The van der Waals surface area contributed by atoms with E-state index in [1.807, 2.05) is 27.2 Å². The van der Waals surface area contributed by atoms with Gasteiger partial charge in [0.05, 0.1) is 0 Å². The summed E-state index contributed by atoms with van der Waals surface area (Å²) in [6.07, 6.45) is 0.